The van der Waals surface area contributed by atoms with Crippen molar-refractivity contribution in [2.45, 2.75) is 51.1 Å². The molecule has 2 amide bonds. The van der Waals surface area contributed by atoms with Gasteiger partial charge in [-0.05, 0) is 79.8 Å². The van der Waals surface area contributed by atoms with Crippen LogP contribution in [0.3, 0.4) is 0 Å². The van der Waals surface area contributed by atoms with Crippen LogP contribution in [0.25, 0.3) is 56.4 Å². The number of hydrogen-bond acceptors (Lipinski definition) is 13. The molecule has 0 unspecified atom stereocenters. The summed E-state index contributed by atoms with van der Waals surface area (Å²) in [5.41, 5.74) is 7.07. The number of nitrogens with zero attached hydrogens (tertiary/aromatic N) is 8. The summed E-state index contributed by atoms with van der Waals surface area (Å²) in [4.78, 5) is 52.2. The lowest BCUT2D eigenvalue weighted by Crippen LogP contribution is -2.17. The third-order valence-corrected chi connectivity index (χ3v) is 10.6. The Bertz CT molecular complexity index is 3150. The van der Waals surface area contributed by atoms with Crippen LogP contribution in [0.5, 0.6) is 11.6 Å². The standard InChI is InChI=1S/C28H28N6O4.C17H10F6N6O/c1-15-31-21-10-8-16(12-23(21)37-15)19-14-30-25-24(19)27(38-18-6-4-5-7-18)34-28(33-25)32-20-11-9-17(26(35)29-2)13-22(20)36-3;18-16(19,20)11-1-9(2-12(3-11)17(21,22)23)15-27-8-29(28-15)6-13(14(24)30)10-4-25-7-26-5-10/h8-14,18H,4-7H2,1-3H3,(H,29,35)(H2,30,32,33,34);1-8H,(H2,24,30). The summed E-state index contributed by atoms with van der Waals surface area (Å²) in [7, 11) is 3.14. The highest BCUT2D eigenvalue weighted by molar-refractivity contribution is 6.22. The van der Waals surface area contributed by atoms with Crippen LogP contribution in [-0.2, 0) is 17.1 Å². The number of aryl methyl sites for hydroxylation is 1. The lowest BCUT2D eigenvalue weighted by atomic mass is 10.0. The molecule has 1 aliphatic rings. The van der Waals surface area contributed by atoms with Crippen LogP contribution in [0.1, 0.15) is 58.6 Å². The number of carbonyl (C=O) groups excluding carboxylic acids is 2. The number of benzene rings is 3. The number of aromatic nitrogens is 9. The zero-order valence-corrected chi connectivity index (χ0v) is 36.0. The number of ether oxygens (including phenoxy) is 2. The number of primary amides is 1. The first-order valence-corrected chi connectivity index (χ1v) is 20.6. The molecule has 5 heterocycles. The van der Waals surface area contributed by atoms with Crippen LogP contribution in [0.2, 0.25) is 0 Å². The van der Waals surface area contributed by atoms with Crippen LogP contribution in [-0.4, -0.2) is 76.7 Å². The number of oxazole rings is 1. The number of methoxy groups -OCH3 is 1. The molecule has 0 radical (unpaired) electrons. The lowest BCUT2D eigenvalue weighted by Gasteiger charge is -2.16. The number of carbonyl (C=O) groups is 2. The second-order valence-corrected chi connectivity index (χ2v) is 15.2. The van der Waals surface area contributed by atoms with Crippen molar-refractivity contribution in [3.05, 3.63) is 114 Å². The number of fused-ring (bicyclic) bond motifs is 2. The fraction of sp³-hybridized carbons (Fsp3) is 0.222. The fourth-order valence-corrected chi connectivity index (χ4v) is 7.35. The SMILES string of the molecule is CNC(=O)c1ccc(Nc2nc(OC3CCCC3)c3c(-c4ccc5nc(C)oc5c4)c[nH]c3n2)c(OC)c1.NC(=O)C(=Cn1cnc(-c2cc(C(F)(F)F)cc(C(F)(F)F)c2)n1)c1cncnc1. The van der Waals surface area contributed by atoms with Gasteiger partial charge in [0.05, 0.1) is 34.9 Å². The fourth-order valence-electron chi connectivity index (χ4n) is 7.35. The third kappa shape index (κ3) is 10.2. The first-order valence-electron chi connectivity index (χ1n) is 20.6. The maximum absolute atomic E-state index is 13.0. The Morgan fingerprint density at radius 1 is 0.912 bits per heavy atom. The van der Waals surface area contributed by atoms with Crippen LogP contribution in [0.4, 0.5) is 38.0 Å². The molecule has 9 rings (SSSR count). The van der Waals surface area contributed by atoms with E-state index in [0.717, 1.165) is 70.5 Å². The van der Waals surface area contributed by atoms with E-state index < -0.39 is 40.8 Å². The summed E-state index contributed by atoms with van der Waals surface area (Å²) in [5.74, 6) is 0.477. The highest BCUT2D eigenvalue weighted by atomic mass is 19.4. The molecule has 0 saturated heterocycles. The Balaban J connectivity index is 0.000000190. The topological polar surface area (TPSA) is 227 Å². The maximum Gasteiger partial charge on any atom is 0.416 e. The van der Waals surface area contributed by atoms with Crippen molar-refractivity contribution in [2.24, 2.45) is 5.73 Å². The van der Waals surface area contributed by atoms with E-state index in [2.05, 4.69) is 40.7 Å². The number of nitrogens with two attached hydrogens (primary N) is 1. The summed E-state index contributed by atoms with van der Waals surface area (Å²) in [6.07, 6.45) is 2.12. The Morgan fingerprint density at radius 2 is 1.63 bits per heavy atom. The molecule has 8 aromatic rings. The second-order valence-electron chi connectivity index (χ2n) is 15.2. The van der Waals surface area contributed by atoms with E-state index in [1.807, 2.05) is 31.3 Å². The monoisotopic (exact) mass is 940 g/mol. The van der Waals surface area contributed by atoms with E-state index in [0.29, 0.717) is 52.5 Å². The van der Waals surface area contributed by atoms with Gasteiger partial charge in [0.15, 0.2) is 17.3 Å². The summed E-state index contributed by atoms with van der Waals surface area (Å²) >= 11 is 0. The molecule has 17 nitrogen and oxygen atoms in total. The van der Waals surface area contributed by atoms with Crippen molar-refractivity contribution in [3.8, 4) is 34.1 Å². The van der Waals surface area contributed by atoms with Gasteiger partial charge in [-0.2, -0.15) is 36.3 Å². The number of amides is 2. The molecule has 5 aromatic heterocycles. The molecule has 1 aliphatic carbocycles. The zero-order chi connectivity index (χ0) is 48.3. The second kappa shape index (κ2) is 18.9. The smallest absolute Gasteiger partial charge is 0.416 e. The quantitative estimate of drug-likeness (QED) is 0.0703. The van der Waals surface area contributed by atoms with E-state index in [1.165, 1.54) is 18.7 Å². The lowest BCUT2D eigenvalue weighted by molar-refractivity contribution is -0.143. The summed E-state index contributed by atoms with van der Waals surface area (Å²) < 4.78 is 96.8. The predicted octanol–water partition coefficient (Wildman–Crippen LogP) is 8.76. The largest absolute Gasteiger partial charge is 0.495 e. The average molecular weight is 941 g/mol. The van der Waals surface area contributed by atoms with Crippen LogP contribution in [0, 0.1) is 6.92 Å². The van der Waals surface area contributed by atoms with Gasteiger partial charge in [0.2, 0.25) is 11.8 Å². The number of H-pyrrole nitrogens is 1. The Kier molecular flexibility index (Phi) is 12.8. The van der Waals surface area contributed by atoms with E-state index >= 15 is 0 Å². The van der Waals surface area contributed by atoms with Gasteiger partial charge in [-0.15, -0.1) is 5.10 Å². The molecule has 0 atom stereocenters. The highest BCUT2D eigenvalue weighted by Gasteiger charge is 2.37. The third-order valence-electron chi connectivity index (χ3n) is 10.6. The number of anilines is 2. The zero-order valence-electron chi connectivity index (χ0n) is 36.0. The number of nitrogens with one attached hydrogen (secondary N) is 3. The summed E-state index contributed by atoms with van der Waals surface area (Å²) in [5, 5.41) is 10.5. The van der Waals surface area contributed by atoms with Crippen molar-refractivity contribution in [3.63, 3.8) is 0 Å². The minimum Gasteiger partial charge on any atom is -0.495 e. The number of halogens is 6. The van der Waals surface area contributed by atoms with Gasteiger partial charge in [-0.3, -0.25) is 9.59 Å². The molecule has 0 spiro atoms. The van der Waals surface area contributed by atoms with Crippen LogP contribution < -0.4 is 25.8 Å². The highest BCUT2D eigenvalue weighted by Crippen LogP contribution is 2.40. The predicted molar refractivity (Wildman–Crippen MR) is 235 cm³/mol. The van der Waals surface area contributed by atoms with Crippen molar-refractivity contribution >= 4 is 57.4 Å². The molecular weight excluding hydrogens is 903 g/mol. The van der Waals surface area contributed by atoms with Gasteiger partial charge in [0.1, 0.15) is 35.7 Å². The number of hydrogen-bond donors (Lipinski definition) is 4. The van der Waals surface area contributed by atoms with E-state index in [-0.39, 0.29) is 29.2 Å². The molecule has 68 heavy (non-hydrogen) atoms. The molecule has 1 fully saturated rings. The van der Waals surface area contributed by atoms with Crippen molar-refractivity contribution in [1.82, 2.24) is 50.0 Å². The number of rotatable bonds is 11. The Hall–Kier alpha value is -8.37. The maximum atomic E-state index is 13.0. The van der Waals surface area contributed by atoms with Gasteiger partial charge in [0, 0.05) is 61.0 Å². The average Bonchev–Trinajstić information content (AvgIpc) is 4.15. The molecule has 1 saturated carbocycles. The first-order chi connectivity index (χ1) is 32.5. The van der Waals surface area contributed by atoms with Gasteiger partial charge < -0.3 is 35.2 Å². The van der Waals surface area contributed by atoms with Gasteiger partial charge in [-0.25, -0.2) is 24.6 Å². The molecular formula is C45H38F6N12O5. The van der Waals surface area contributed by atoms with Crippen molar-refractivity contribution in [2.75, 3.05) is 19.5 Å². The van der Waals surface area contributed by atoms with Crippen LogP contribution >= 0.6 is 0 Å². The summed E-state index contributed by atoms with van der Waals surface area (Å²) in [6, 6.07) is 12.1. The molecule has 0 aliphatic heterocycles. The Morgan fingerprint density at radius 3 is 2.29 bits per heavy atom. The molecule has 350 valence electrons. The van der Waals surface area contributed by atoms with Gasteiger partial charge in [0.25, 0.3) is 11.8 Å². The molecule has 23 heteroatoms. The minimum absolute atomic E-state index is 0.000986. The van der Waals surface area contributed by atoms with Crippen LogP contribution in [0.15, 0.2) is 90.3 Å². The van der Waals surface area contributed by atoms with Crippen molar-refractivity contribution < 1.29 is 49.8 Å². The molecule has 5 N–H and O–H groups in total. The normalized spacial score (nSPS) is 13.3. The summed E-state index contributed by atoms with van der Waals surface area (Å²) in [6.45, 7) is 1.84. The number of alkyl halides is 6. The van der Waals surface area contributed by atoms with E-state index in [4.69, 9.17) is 29.6 Å². The van der Waals surface area contributed by atoms with E-state index in [1.54, 1.807) is 32.4 Å². The first kappa shape index (κ1) is 46.2. The molecule has 3 aromatic carbocycles. The van der Waals surface area contributed by atoms with E-state index in [9.17, 15) is 35.9 Å². The van der Waals surface area contributed by atoms with Gasteiger partial charge in [-0.1, -0.05) is 6.07 Å². The minimum atomic E-state index is -5.01. The van der Waals surface area contributed by atoms with Crippen molar-refractivity contribution in [1.29, 1.82) is 0 Å². The van der Waals surface area contributed by atoms with Gasteiger partial charge >= 0.3 is 12.4 Å². The Labute approximate surface area is 380 Å². The number of aromatic amines is 1. The molecule has 0 bridgehead atoms.